The van der Waals surface area contributed by atoms with Crippen LogP contribution in [0.5, 0.6) is 5.75 Å². The van der Waals surface area contributed by atoms with Gasteiger partial charge in [0.1, 0.15) is 17.4 Å². The first-order valence-corrected chi connectivity index (χ1v) is 10.3. The summed E-state index contributed by atoms with van der Waals surface area (Å²) in [5.41, 5.74) is 0.547. The SMILES string of the molecule is COc1ccccc1CNS(=O)(=O)c1ccc(NC(=O)c2ccc(F)cc2)c(F)c1. The second-order valence-corrected chi connectivity index (χ2v) is 8.01. The van der Waals surface area contributed by atoms with E-state index in [4.69, 9.17) is 4.74 Å². The van der Waals surface area contributed by atoms with Crippen LogP contribution in [-0.4, -0.2) is 21.4 Å². The lowest BCUT2D eigenvalue weighted by molar-refractivity contribution is 0.102. The lowest BCUT2D eigenvalue weighted by Crippen LogP contribution is -2.23. The van der Waals surface area contributed by atoms with Gasteiger partial charge in [-0.3, -0.25) is 4.79 Å². The van der Waals surface area contributed by atoms with E-state index in [9.17, 15) is 22.0 Å². The molecule has 2 N–H and O–H groups in total. The van der Waals surface area contributed by atoms with Crippen LogP contribution >= 0.6 is 0 Å². The number of sulfonamides is 1. The van der Waals surface area contributed by atoms with Crippen molar-refractivity contribution in [3.63, 3.8) is 0 Å². The van der Waals surface area contributed by atoms with E-state index in [0.717, 1.165) is 24.3 Å². The number of halogens is 2. The van der Waals surface area contributed by atoms with E-state index in [-0.39, 0.29) is 22.7 Å². The van der Waals surface area contributed by atoms with Crippen LogP contribution in [0.15, 0.2) is 71.6 Å². The largest absolute Gasteiger partial charge is 0.496 e. The summed E-state index contributed by atoms with van der Waals surface area (Å²) in [6.07, 6.45) is 0. The van der Waals surface area contributed by atoms with Gasteiger partial charge < -0.3 is 10.1 Å². The van der Waals surface area contributed by atoms with Crippen LogP contribution in [0, 0.1) is 11.6 Å². The van der Waals surface area contributed by atoms with Crippen LogP contribution in [0.2, 0.25) is 0 Å². The maximum absolute atomic E-state index is 14.4. The zero-order valence-electron chi connectivity index (χ0n) is 15.9. The first-order chi connectivity index (χ1) is 14.3. The lowest BCUT2D eigenvalue weighted by atomic mass is 10.2. The third-order valence-electron chi connectivity index (χ3n) is 4.25. The Labute approximate surface area is 172 Å². The summed E-state index contributed by atoms with van der Waals surface area (Å²) in [6, 6.07) is 14.7. The van der Waals surface area contributed by atoms with Crippen molar-refractivity contribution >= 4 is 21.6 Å². The van der Waals surface area contributed by atoms with Gasteiger partial charge in [0.15, 0.2) is 0 Å². The molecule has 0 aliphatic rings. The van der Waals surface area contributed by atoms with E-state index in [0.29, 0.717) is 11.3 Å². The summed E-state index contributed by atoms with van der Waals surface area (Å²) in [5, 5.41) is 2.33. The summed E-state index contributed by atoms with van der Waals surface area (Å²) < 4.78 is 59.9. The minimum absolute atomic E-state index is 0.0446. The summed E-state index contributed by atoms with van der Waals surface area (Å²) in [7, 11) is -2.53. The first-order valence-electron chi connectivity index (χ1n) is 8.78. The number of benzene rings is 3. The molecule has 0 spiro atoms. The highest BCUT2D eigenvalue weighted by atomic mass is 32.2. The molecule has 3 rings (SSSR count). The molecule has 3 aromatic carbocycles. The highest BCUT2D eigenvalue weighted by molar-refractivity contribution is 7.89. The highest BCUT2D eigenvalue weighted by Gasteiger charge is 2.18. The second-order valence-electron chi connectivity index (χ2n) is 6.24. The molecule has 156 valence electrons. The predicted molar refractivity (Wildman–Crippen MR) is 108 cm³/mol. The van der Waals surface area contributed by atoms with Crippen molar-refractivity contribution in [1.29, 1.82) is 0 Å². The van der Waals surface area contributed by atoms with E-state index in [1.165, 1.54) is 25.3 Å². The van der Waals surface area contributed by atoms with Gasteiger partial charge in [0.2, 0.25) is 10.0 Å². The Hall–Kier alpha value is -3.30. The van der Waals surface area contributed by atoms with Crippen LogP contribution < -0.4 is 14.8 Å². The topological polar surface area (TPSA) is 84.5 Å². The molecule has 0 unspecified atom stereocenters. The van der Waals surface area contributed by atoms with Crippen LogP contribution in [0.1, 0.15) is 15.9 Å². The van der Waals surface area contributed by atoms with Gasteiger partial charge in [-0.2, -0.15) is 0 Å². The number of para-hydroxylation sites is 1. The van der Waals surface area contributed by atoms with Gasteiger partial charge in [-0.25, -0.2) is 21.9 Å². The average Bonchev–Trinajstić information content (AvgIpc) is 2.74. The summed E-state index contributed by atoms with van der Waals surface area (Å²) in [5.74, 6) is -1.57. The van der Waals surface area contributed by atoms with E-state index in [1.807, 2.05) is 0 Å². The Morgan fingerprint density at radius 3 is 2.37 bits per heavy atom. The van der Waals surface area contributed by atoms with E-state index >= 15 is 0 Å². The number of ether oxygens (including phenoxy) is 1. The fourth-order valence-electron chi connectivity index (χ4n) is 2.67. The number of methoxy groups -OCH3 is 1. The standard InChI is InChI=1S/C21H18F2N2O4S/c1-29-20-5-3-2-4-15(20)13-24-30(27,28)17-10-11-19(18(23)12-17)25-21(26)14-6-8-16(22)9-7-14/h2-12,24H,13H2,1H3,(H,25,26). The van der Waals surface area contributed by atoms with Crippen molar-refractivity contribution < 1.29 is 26.7 Å². The van der Waals surface area contributed by atoms with Gasteiger partial charge in [-0.05, 0) is 48.5 Å². The van der Waals surface area contributed by atoms with Crippen LogP contribution in [0.4, 0.5) is 14.5 Å². The molecule has 6 nitrogen and oxygen atoms in total. The minimum Gasteiger partial charge on any atom is -0.496 e. The van der Waals surface area contributed by atoms with Crippen LogP contribution in [0.25, 0.3) is 0 Å². The average molecular weight is 432 g/mol. The van der Waals surface area contributed by atoms with Crippen molar-refractivity contribution in [1.82, 2.24) is 4.72 Å². The van der Waals surface area contributed by atoms with Crippen molar-refractivity contribution in [3.05, 3.63) is 89.5 Å². The molecular weight excluding hydrogens is 414 g/mol. The third-order valence-corrected chi connectivity index (χ3v) is 5.65. The molecule has 0 aliphatic heterocycles. The van der Waals surface area contributed by atoms with Crippen molar-refractivity contribution in [2.24, 2.45) is 0 Å². The van der Waals surface area contributed by atoms with Gasteiger partial charge in [-0.15, -0.1) is 0 Å². The molecule has 0 aromatic heterocycles. The molecule has 9 heteroatoms. The van der Waals surface area contributed by atoms with Gasteiger partial charge >= 0.3 is 0 Å². The molecule has 0 saturated heterocycles. The Morgan fingerprint density at radius 1 is 1.00 bits per heavy atom. The van der Waals surface area contributed by atoms with E-state index in [2.05, 4.69) is 10.0 Å². The first kappa shape index (κ1) is 21.4. The number of rotatable bonds is 7. The van der Waals surface area contributed by atoms with Crippen molar-refractivity contribution in [2.45, 2.75) is 11.4 Å². The fraction of sp³-hybridized carbons (Fsp3) is 0.0952. The predicted octanol–water partition coefficient (Wildman–Crippen LogP) is 3.70. The normalized spacial score (nSPS) is 11.2. The molecule has 3 aromatic rings. The van der Waals surface area contributed by atoms with Gasteiger partial charge in [0.25, 0.3) is 5.91 Å². The monoisotopic (exact) mass is 432 g/mol. The van der Waals surface area contributed by atoms with Crippen LogP contribution in [0.3, 0.4) is 0 Å². The van der Waals surface area contributed by atoms with Crippen LogP contribution in [-0.2, 0) is 16.6 Å². The Bertz CT molecular complexity index is 1170. The number of anilines is 1. The smallest absolute Gasteiger partial charge is 0.255 e. The highest BCUT2D eigenvalue weighted by Crippen LogP contribution is 2.21. The molecule has 0 atom stereocenters. The molecule has 0 heterocycles. The van der Waals surface area contributed by atoms with Crippen molar-refractivity contribution in [2.75, 3.05) is 12.4 Å². The number of hydrogen-bond donors (Lipinski definition) is 2. The second kappa shape index (κ2) is 9.02. The molecule has 0 radical (unpaired) electrons. The number of nitrogens with one attached hydrogen (secondary N) is 2. The van der Waals surface area contributed by atoms with Gasteiger partial charge in [-0.1, -0.05) is 18.2 Å². The van der Waals surface area contributed by atoms with Gasteiger partial charge in [0, 0.05) is 17.7 Å². The molecule has 30 heavy (non-hydrogen) atoms. The number of carbonyl (C=O) groups is 1. The number of amides is 1. The number of carbonyl (C=O) groups excluding carboxylic acids is 1. The van der Waals surface area contributed by atoms with Gasteiger partial charge in [0.05, 0.1) is 17.7 Å². The summed E-state index contributed by atoms with van der Waals surface area (Å²) in [4.78, 5) is 11.8. The summed E-state index contributed by atoms with van der Waals surface area (Å²) in [6.45, 7) is -0.0446. The zero-order chi connectivity index (χ0) is 21.7. The fourth-order valence-corrected chi connectivity index (χ4v) is 3.68. The maximum atomic E-state index is 14.4. The number of hydrogen-bond acceptors (Lipinski definition) is 4. The van der Waals surface area contributed by atoms with E-state index < -0.39 is 27.6 Å². The summed E-state index contributed by atoms with van der Waals surface area (Å²) >= 11 is 0. The Balaban J connectivity index is 1.73. The quantitative estimate of drug-likeness (QED) is 0.596. The minimum atomic E-state index is -4.01. The molecule has 0 fully saturated rings. The van der Waals surface area contributed by atoms with E-state index in [1.54, 1.807) is 24.3 Å². The Morgan fingerprint density at radius 2 is 1.70 bits per heavy atom. The molecular formula is C21H18F2N2O4S. The third kappa shape index (κ3) is 5.00. The Kier molecular flexibility index (Phi) is 6.43. The zero-order valence-corrected chi connectivity index (χ0v) is 16.7. The lowest BCUT2D eigenvalue weighted by Gasteiger charge is -2.11. The van der Waals surface area contributed by atoms with Crippen molar-refractivity contribution in [3.8, 4) is 5.75 Å². The maximum Gasteiger partial charge on any atom is 0.255 e. The molecule has 1 amide bonds. The molecule has 0 bridgehead atoms. The molecule has 0 saturated carbocycles. The molecule has 0 aliphatic carbocycles.